The lowest BCUT2D eigenvalue weighted by Crippen LogP contribution is -2.05. The van der Waals surface area contributed by atoms with E-state index in [2.05, 4.69) is 44.2 Å². The number of carboxylic acid groups (broad SMARTS) is 1. The van der Waals surface area contributed by atoms with Crippen molar-refractivity contribution in [2.45, 2.75) is 47.1 Å². The lowest BCUT2D eigenvalue weighted by Gasteiger charge is -2.10. The van der Waals surface area contributed by atoms with Crippen molar-refractivity contribution in [3.05, 3.63) is 29.6 Å². The fraction of sp³-hybridized carbons (Fsp3) is 0.529. The first-order chi connectivity index (χ1) is 9.71. The summed E-state index contributed by atoms with van der Waals surface area (Å²) < 4.78 is 2.32. The number of fused-ring (bicyclic) bond motifs is 1. The second-order valence-electron chi connectivity index (χ2n) is 7.11. The largest absolute Gasteiger partial charge is 0.478 e. The zero-order valence-corrected chi connectivity index (χ0v) is 13.3. The minimum atomic E-state index is -0.906. The van der Waals surface area contributed by atoms with Gasteiger partial charge >= 0.3 is 5.97 Å². The number of carbonyl (C=O) groups is 1. The Morgan fingerprint density at radius 1 is 1.29 bits per heavy atom. The van der Waals surface area contributed by atoms with E-state index < -0.39 is 5.97 Å². The van der Waals surface area contributed by atoms with Crippen LogP contribution in [0.2, 0.25) is 0 Å². The number of aryl methyl sites for hydroxylation is 1. The molecule has 112 valence electrons. The Bertz CT molecular complexity index is 727. The zero-order valence-electron chi connectivity index (χ0n) is 13.3. The van der Waals surface area contributed by atoms with Gasteiger partial charge in [-0.25, -0.2) is 9.78 Å². The number of aromatic nitrogens is 2. The molecule has 0 aliphatic heterocycles. The SMILES string of the molecule is CCc1nc2cc(C(=O)O)ccc2n1C1C(C)(C)C1(C)C. The molecule has 4 nitrogen and oxygen atoms in total. The van der Waals surface area contributed by atoms with Gasteiger partial charge in [0, 0.05) is 12.5 Å². The number of imidazole rings is 1. The highest BCUT2D eigenvalue weighted by molar-refractivity contribution is 5.92. The third-order valence-electron chi connectivity index (χ3n) is 5.53. The van der Waals surface area contributed by atoms with Gasteiger partial charge in [0.25, 0.3) is 0 Å². The van der Waals surface area contributed by atoms with E-state index in [0.29, 0.717) is 11.6 Å². The summed E-state index contributed by atoms with van der Waals surface area (Å²) in [6, 6.07) is 5.65. The number of carboxylic acids is 1. The molecule has 0 saturated heterocycles. The van der Waals surface area contributed by atoms with Crippen molar-refractivity contribution in [3.63, 3.8) is 0 Å². The van der Waals surface area contributed by atoms with Crippen LogP contribution >= 0.6 is 0 Å². The van der Waals surface area contributed by atoms with Gasteiger partial charge in [-0.15, -0.1) is 0 Å². The molecule has 0 unspecified atom stereocenters. The predicted octanol–water partition coefficient (Wildman–Crippen LogP) is 3.90. The van der Waals surface area contributed by atoms with Crippen molar-refractivity contribution in [2.24, 2.45) is 10.8 Å². The second-order valence-corrected chi connectivity index (χ2v) is 7.11. The van der Waals surface area contributed by atoms with Gasteiger partial charge in [-0.1, -0.05) is 34.6 Å². The van der Waals surface area contributed by atoms with E-state index in [1.54, 1.807) is 12.1 Å². The standard InChI is InChI=1S/C17H22N2O2/c1-6-13-18-11-9-10(14(20)21)7-8-12(11)19(13)15-16(2,3)17(15,4)5/h7-9,15H,6H2,1-5H3,(H,20,21). The molecule has 0 bridgehead atoms. The second kappa shape index (κ2) is 4.09. The van der Waals surface area contributed by atoms with E-state index in [1.807, 2.05) is 6.07 Å². The van der Waals surface area contributed by atoms with E-state index in [1.165, 1.54) is 0 Å². The number of benzene rings is 1. The first kappa shape index (κ1) is 14.1. The highest BCUT2D eigenvalue weighted by Gasteiger charge is 2.66. The normalized spacial score (nSPS) is 19.9. The Morgan fingerprint density at radius 3 is 2.38 bits per heavy atom. The third kappa shape index (κ3) is 1.74. The highest BCUT2D eigenvalue weighted by atomic mass is 16.4. The van der Waals surface area contributed by atoms with Gasteiger partial charge in [-0.2, -0.15) is 0 Å². The molecule has 0 radical (unpaired) electrons. The number of aromatic carboxylic acids is 1. The van der Waals surface area contributed by atoms with Crippen LogP contribution in [0.4, 0.5) is 0 Å². The third-order valence-corrected chi connectivity index (χ3v) is 5.53. The maximum atomic E-state index is 11.1. The minimum absolute atomic E-state index is 0.218. The van der Waals surface area contributed by atoms with Gasteiger partial charge in [0.2, 0.25) is 0 Å². The van der Waals surface area contributed by atoms with Crippen LogP contribution in [-0.4, -0.2) is 20.6 Å². The first-order valence-electron chi connectivity index (χ1n) is 7.46. The van der Waals surface area contributed by atoms with Crippen molar-refractivity contribution in [1.29, 1.82) is 0 Å². The van der Waals surface area contributed by atoms with Crippen molar-refractivity contribution >= 4 is 17.0 Å². The van der Waals surface area contributed by atoms with E-state index in [0.717, 1.165) is 23.3 Å². The molecule has 1 aromatic heterocycles. The topological polar surface area (TPSA) is 55.1 Å². The van der Waals surface area contributed by atoms with Crippen LogP contribution < -0.4 is 0 Å². The summed E-state index contributed by atoms with van der Waals surface area (Å²) in [5, 5.41) is 9.13. The molecule has 3 rings (SSSR count). The maximum absolute atomic E-state index is 11.1. The van der Waals surface area contributed by atoms with Crippen LogP contribution in [0, 0.1) is 10.8 Å². The molecule has 1 aliphatic carbocycles. The van der Waals surface area contributed by atoms with Crippen molar-refractivity contribution in [1.82, 2.24) is 9.55 Å². The summed E-state index contributed by atoms with van der Waals surface area (Å²) in [7, 11) is 0. The Balaban J connectivity index is 2.21. The lowest BCUT2D eigenvalue weighted by molar-refractivity contribution is 0.0697. The van der Waals surface area contributed by atoms with Gasteiger partial charge < -0.3 is 9.67 Å². The van der Waals surface area contributed by atoms with Crippen LogP contribution in [-0.2, 0) is 6.42 Å². The van der Waals surface area contributed by atoms with Crippen molar-refractivity contribution in [3.8, 4) is 0 Å². The Kier molecular flexibility index (Phi) is 2.75. The van der Waals surface area contributed by atoms with Crippen LogP contribution in [0.25, 0.3) is 11.0 Å². The molecule has 1 fully saturated rings. The molecular formula is C17H22N2O2. The van der Waals surface area contributed by atoms with Crippen molar-refractivity contribution in [2.75, 3.05) is 0 Å². The summed E-state index contributed by atoms with van der Waals surface area (Å²) in [5.41, 5.74) is 2.56. The average molecular weight is 286 g/mol. The van der Waals surface area contributed by atoms with Gasteiger partial charge in [-0.3, -0.25) is 0 Å². The first-order valence-corrected chi connectivity index (χ1v) is 7.46. The van der Waals surface area contributed by atoms with Gasteiger partial charge in [-0.05, 0) is 29.0 Å². The molecule has 21 heavy (non-hydrogen) atoms. The Hall–Kier alpha value is -1.84. The Labute approximate surface area is 124 Å². The average Bonchev–Trinajstić information content (AvgIpc) is 2.72. The monoisotopic (exact) mass is 286 g/mol. The smallest absolute Gasteiger partial charge is 0.335 e. The molecular weight excluding hydrogens is 264 g/mol. The fourth-order valence-corrected chi connectivity index (χ4v) is 3.63. The number of hydrogen-bond donors (Lipinski definition) is 1. The summed E-state index contributed by atoms with van der Waals surface area (Å²) in [5.74, 6) is 0.132. The number of hydrogen-bond acceptors (Lipinski definition) is 2. The summed E-state index contributed by atoms with van der Waals surface area (Å²) in [6.45, 7) is 11.2. The quantitative estimate of drug-likeness (QED) is 0.931. The van der Waals surface area contributed by atoms with Crippen molar-refractivity contribution < 1.29 is 9.90 Å². The molecule has 0 atom stereocenters. The highest BCUT2D eigenvalue weighted by Crippen LogP contribution is 2.72. The maximum Gasteiger partial charge on any atom is 0.335 e. The van der Waals surface area contributed by atoms with Crippen LogP contribution in [0.15, 0.2) is 18.2 Å². The molecule has 0 amide bonds. The minimum Gasteiger partial charge on any atom is -0.478 e. The molecule has 2 aromatic rings. The van der Waals surface area contributed by atoms with E-state index in [9.17, 15) is 4.79 Å². The van der Waals surface area contributed by atoms with Gasteiger partial charge in [0.05, 0.1) is 16.6 Å². The van der Waals surface area contributed by atoms with Gasteiger partial charge in [0.15, 0.2) is 0 Å². The predicted molar refractivity (Wildman–Crippen MR) is 82.7 cm³/mol. The zero-order chi connectivity index (χ0) is 15.6. The Morgan fingerprint density at radius 2 is 1.90 bits per heavy atom. The molecule has 1 saturated carbocycles. The molecule has 0 spiro atoms. The molecule has 1 N–H and O–H groups in total. The molecule has 1 heterocycles. The summed E-state index contributed by atoms with van der Waals surface area (Å²) in [4.78, 5) is 15.8. The van der Waals surface area contributed by atoms with Crippen LogP contribution in [0.1, 0.15) is 56.8 Å². The van der Waals surface area contributed by atoms with E-state index >= 15 is 0 Å². The molecule has 1 aliphatic rings. The lowest BCUT2D eigenvalue weighted by atomic mass is 10.0. The fourth-order valence-electron chi connectivity index (χ4n) is 3.63. The molecule has 4 heteroatoms. The van der Waals surface area contributed by atoms with E-state index in [4.69, 9.17) is 5.11 Å². The molecule has 1 aromatic carbocycles. The summed E-state index contributed by atoms with van der Waals surface area (Å²) >= 11 is 0. The summed E-state index contributed by atoms with van der Waals surface area (Å²) in [6.07, 6.45) is 0.847. The number of nitrogens with zero attached hydrogens (tertiary/aromatic N) is 2. The van der Waals surface area contributed by atoms with Gasteiger partial charge in [0.1, 0.15) is 5.82 Å². The van der Waals surface area contributed by atoms with Crippen LogP contribution in [0.3, 0.4) is 0 Å². The number of rotatable bonds is 3. The van der Waals surface area contributed by atoms with Crippen LogP contribution in [0.5, 0.6) is 0 Å². The van der Waals surface area contributed by atoms with E-state index in [-0.39, 0.29) is 10.8 Å².